The number of nitrogen functional groups attached to an aromatic ring is 1. The number of nitrogens with two attached hydrogens (primary N) is 1. The molecule has 0 aromatic carbocycles. The van der Waals surface area contributed by atoms with Crippen molar-refractivity contribution in [3.05, 3.63) is 22.5 Å². The maximum absolute atomic E-state index is 14.1. The molecule has 4 unspecified atom stereocenters. The van der Waals surface area contributed by atoms with E-state index < -0.39 is 56.4 Å². The van der Waals surface area contributed by atoms with Gasteiger partial charge in [-0.25, -0.2) is 18.1 Å². The number of phosphoric ester groups is 1. The minimum atomic E-state index is -4.30. The van der Waals surface area contributed by atoms with Crippen molar-refractivity contribution in [2.75, 3.05) is 18.7 Å². The fraction of sp³-hybridized carbons (Fsp3) is 0.692. The molecule has 9 nitrogen and oxygen atoms in total. The summed E-state index contributed by atoms with van der Waals surface area (Å²) >= 11 is 4.64. The fourth-order valence-corrected chi connectivity index (χ4v) is 3.12. The normalized spacial score (nSPS) is 24.8. The van der Waals surface area contributed by atoms with Crippen molar-refractivity contribution in [1.82, 2.24) is 9.55 Å². The zero-order valence-electron chi connectivity index (χ0n) is 14.3. The summed E-state index contributed by atoms with van der Waals surface area (Å²) in [6.45, 7) is 2.65. The minimum absolute atomic E-state index is 0.217. The molecule has 150 valence electrons. The maximum Gasteiger partial charge on any atom is 0.472 e. The molecule has 26 heavy (non-hydrogen) atoms. The summed E-state index contributed by atoms with van der Waals surface area (Å²) in [6.07, 6.45) is -2.61. The van der Waals surface area contributed by atoms with Gasteiger partial charge >= 0.3 is 13.5 Å². The molecule has 0 amide bonds. The first-order valence-electron chi connectivity index (χ1n) is 7.46. The predicted octanol–water partition coefficient (Wildman–Crippen LogP) is 1.99. The lowest BCUT2D eigenvalue weighted by atomic mass is 10.2. The molecule has 1 fully saturated rings. The van der Waals surface area contributed by atoms with E-state index in [1.165, 1.54) is 6.38 Å². The zero-order chi connectivity index (χ0) is 20.1. The molecule has 13 heteroatoms. The minimum Gasteiger partial charge on any atom is -0.381 e. The highest BCUT2D eigenvalue weighted by Crippen LogP contribution is 2.45. The lowest BCUT2D eigenvalue weighted by Crippen LogP contribution is -2.31. The van der Waals surface area contributed by atoms with Gasteiger partial charge in [0.2, 0.25) is 0 Å². The first kappa shape index (κ1) is 22.9. The highest BCUT2D eigenvalue weighted by Gasteiger charge is 2.39. The number of anilines is 1. The van der Waals surface area contributed by atoms with Crippen molar-refractivity contribution in [1.29, 1.82) is 0 Å². The molecule has 2 heterocycles. The lowest BCUT2D eigenvalue weighted by molar-refractivity contribution is -0.0411. The highest BCUT2D eigenvalue weighted by molar-refractivity contribution is 7.47. The van der Waals surface area contributed by atoms with E-state index in [0.717, 1.165) is 0 Å². The van der Waals surface area contributed by atoms with Crippen LogP contribution in [0.15, 0.2) is 11.0 Å². The number of alkyl halides is 2. The van der Waals surface area contributed by atoms with Gasteiger partial charge in [0.1, 0.15) is 6.17 Å². The smallest absolute Gasteiger partial charge is 0.381 e. The number of hydrogen-bond acceptors (Lipinski definition) is 7. The Morgan fingerprint density at radius 3 is 2.77 bits per heavy atom. The number of ether oxygens (including phenoxy) is 1. The van der Waals surface area contributed by atoms with Gasteiger partial charge in [0.15, 0.2) is 17.9 Å². The van der Waals surface area contributed by atoms with Crippen LogP contribution in [0.3, 0.4) is 0 Å². The van der Waals surface area contributed by atoms with Gasteiger partial charge < -0.3 is 15.4 Å². The highest BCUT2D eigenvalue weighted by atomic mass is 35.5. The van der Waals surface area contributed by atoms with E-state index >= 15 is 0 Å². The molecule has 1 aromatic heterocycles. The first-order valence-corrected chi connectivity index (χ1v) is 9.71. The molecule has 1 saturated heterocycles. The quantitative estimate of drug-likeness (QED) is 0.529. The summed E-state index contributed by atoms with van der Waals surface area (Å²) in [5.74, 6) is -1.59. The largest absolute Gasteiger partial charge is 0.472 e. The average molecular weight is 420 g/mol. The Morgan fingerprint density at radius 2 is 2.19 bits per heavy atom. The molecule has 0 spiro atoms. The van der Waals surface area contributed by atoms with Gasteiger partial charge in [-0.1, -0.05) is 0 Å². The van der Waals surface area contributed by atoms with Crippen molar-refractivity contribution in [2.24, 2.45) is 0 Å². The number of nitrogens with zero attached hydrogens (tertiary/aromatic N) is 2. The van der Waals surface area contributed by atoms with Crippen LogP contribution in [0.1, 0.15) is 26.5 Å². The number of hydrogen-bond donors (Lipinski definition) is 2. The third kappa shape index (κ3) is 6.26. The Morgan fingerprint density at radius 1 is 1.58 bits per heavy atom. The average Bonchev–Trinajstić information content (AvgIpc) is 2.91. The van der Waals surface area contributed by atoms with Crippen LogP contribution in [0.2, 0.25) is 0 Å². The molecule has 0 radical (unpaired) electrons. The van der Waals surface area contributed by atoms with Gasteiger partial charge in [0.05, 0.1) is 25.0 Å². The number of phosphoric acid groups is 1. The molecule has 1 aromatic rings. The van der Waals surface area contributed by atoms with Crippen LogP contribution in [0.4, 0.5) is 14.6 Å². The van der Waals surface area contributed by atoms with Gasteiger partial charge in [-0.2, -0.15) is 4.98 Å². The Balaban J connectivity index is 0.00000163. The summed E-state index contributed by atoms with van der Waals surface area (Å²) in [4.78, 5) is 24.4. The van der Waals surface area contributed by atoms with Crippen LogP contribution in [0.25, 0.3) is 0 Å². The summed E-state index contributed by atoms with van der Waals surface area (Å²) in [7, 11) is -4.30. The zero-order valence-corrected chi connectivity index (χ0v) is 16.0. The van der Waals surface area contributed by atoms with Crippen molar-refractivity contribution in [3.8, 4) is 0 Å². The number of rotatable bonds is 6. The molecule has 1 aliphatic heterocycles. The molecule has 2 rings (SSSR count). The predicted molar refractivity (Wildman–Crippen MR) is 90.1 cm³/mol. The van der Waals surface area contributed by atoms with E-state index in [1.807, 2.05) is 0 Å². The Hall–Kier alpha value is -1.10. The van der Waals surface area contributed by atoms with E-state index in [-0.39, 0.29) is 6.42 Å². The van der Waals surface area contributed by atoms with Crippen LogP contribution in [0, 0.1) is 5.82 Å². The Labute approximate surface area is 153 Å². The molecule has 0 bridgehead atoms. The maximum atomic E-state index is 14.1. The Bertz CT molecular complexity index is 707. The van der Waals surface area contributed by atoms with Gasteiger partial charge in [0, 0.05) is 12.8 Å². The van der Waals surface area contributed by atoms with Crippen molar-refractivity contribution in [3.63, 3.8) is 0 Å². The van der Waals surface area contributed by atoms with E-state index in [2.05, 4.69) is 16.6 Å². The summed E-state index contributed by atoms with van der Waals surface area (Å²) in [6, 6.07) is 0. The third-order valence-corrected chi connectivity index (χ3v) is 4.27. The van der Waals surface area contributed by atoms with Crippen LogP contribution < -0.4 is 11.4 Å². The monoisotopic (exact) mass is 419 g/mol. The molecule has 1 aliphatic rings. The van der Waals surface area contributed by atoms with Crippen molar-refractivity contribution < 1.29 is 32.0 Å². The molecule has 3 N–H and O–H groups in total. The topological polar surface area (TPSA) is 126 Å². The van der Waals surface area contributed by atoms with Gasteiger partial charge in [-0.05, 0) is 13.8 Å². The Kier molecular flexibility index (Phi) is 8.58. The second-order valence-corrected chi connectivity index (χ2v) is 6.89. The number of aromatic nitrogens is 2. The summed E-state index contributed by atoms with van der Waals surface area (Å²) < 4.78 is 54.4. The van der Waals surface area contributed by atoms with Crippen LogP contribution in [0.5, 0.6) is 0 Å². The summed E-state index contributed by atoms with van der Waals surface area (Å²) in [5.41, 5.74) is 4.19. The molecule has 4 atom stereocenters. The van der Waals surface area contributed by atoms with Gasteiger partial charge in [0.25, 0.3) is 0 Å². The van der Waals surface area contributed by atoms with Gasteiger partial charge in [-0.15, -0.1) is 11.6 Å². The van der Waals surface area contributed by atoms with E-state index in [0.29, 0.717) is 10.8 Å². The van der Waals surface area contributed by atoms with E-state index in [9.17, 15) is 23.0 Å². The summed E-state index contributed by atoms with van der Waals surface area (Å²) in [5, 5.41) is 0. The van der Waals surface area contributed by atoms with Crippen molar-refractivity contribution >= 4 is 25.2 Å². The van der Waals surface area contributed by atoms with E-state index in [4.69, 9.17) is 19.5 Å². The second-order valence-electron chi connectivity index (χ2n) is 5.48. The standard InChI is InChI=1S/C12H18F2N3O6P.CH3Cl/c1-6(2)23-24(19,20)21-5-7-3-8(13)11(22-7)17-4-9(14)10(15)16-12(17)18;1-2/h4,6-8,11H,3,5H2,1-2H3,(H,19,20)(H2,15,16,18);1H3. The molecule has 0 saturated carbocycles. The van der Waals surface area contributed by atoms with Crippen molar-refractivity contribution in [2.45, 2.75) is 44.9 Å². The van der Waals surface area contributed by atoms with Crippen LogP contribution in [-0.2, 0) is 18.3 Å². The van der Waals surface area contributed by atoms with Crippen LogP contribution in [-0.4, -0.2) is 45.8 Å². The fourth-order valence-electron chi connectivity index (χ4n) is 2.17. The molecular formula is C13H21ClF2N3O6P. The van der Waals surface area contributed by atoms with Crippen LogP contribution >= 0.6 is 19.4 Å². The third-order valence-electron chi connectivity index (χ3n) is 3.11. The SMILES string of the molecule is CC(C)OP(=O)(O)OCC1CC(F)C(n2cc(F)c(N)nc2=O)O1.CCl. The first-order chi connectivity index (χ1) is 12.1. The lowest BCUT2D eigenvalue weighted by Gasteiger charge is -2.18. The van der Waals surface area contributed by atoms with Gasteiger partial charge in [-0.3, -0.25) is 13.6 Å². The van der Waals surface area contributed by atoms with E-state index in [1.54, 1.807) is 13.8 Å². The molecule has 0 aliphatic carbocycles. The molecular weight excluding hydrogens is 399 g/mol. The second kappa shape index (κ2) is 9.72. The number of halogens is 3.